The largest absolute Gasteiger partial charge is 0.487 e. The van der Waals surface area contributed by atoms with E-state index in [0.717, 1.165) is 28.9 Å². The fourth-order valence-electron chi connectivity index (χ4n) is 2.10. The van der Waals surface area contributed by atoms with E-state index >= 15 is 0 Å². The van der Waals surface area contributed by atoms with Crippen molar-refractivity contribution >= 4 is 15.9 Å². The molecule has 0 radical (unpaired) electrons. The molecular weight excluding hydrogens is 328 g/mol. The maximum atomic E-state index is 5.97. The minimum Gasteiger partial charge on any atom is -0.487 e. The highest BCUT2D eigenvalue weighted by Gasteiger charge is 2.12. The number of pyridine rings is 1. The summed E-state index contributed by atoms with van der Waals surface area (Å²) in [5.74, 6) is 0.895. The van der Waals surface area contributed by atoms with E-state index in [1.807, 2.05) is 30.3 Å². The number of rotatable bonds is 7. The van der Waals surface area contributed by atoms with Crippen LogP contribution in [0.5, 0.6) is 5.75 Å². The van der Waals surface area contributed by atoms with E-state index in [4.69, 9.17) is 4.74 Å². The van der Waals surface area contributed by atoms with Crippen molar-refractivity contribution < 1.29 is 4.74 Å². The van der Waals surface area contributed by atoms with E-state index in [2.05, 4.69) is 46.1 Å². The first-order valence-corrected chi connectivity index (χ1v) is 8.05. The van der Waals surface area contributed by atoms with Crippen molar-refractivity contribution in [3.05, 3.63) is 58.3 Å². The molecule has 0 aliphatic heterocycles. The first-order valence-electron chi connectivity index (χ1n) is 7.26. The Morgan fingerprint density at radius 3 is 2.86 bits per heavy atom. The summed E-state index contributed by atoms with van der Waals surface area (Å²) in [5.41, 5.74) is 2.10. The number of nitrogens with one attached hydrogen (secondary N) is 1. The Hall–Kier alpha value is -1.39. The van der Waals surface area contributed by atoms with Crippen molar-refractivity contribution in [2.45, 2.75) is 32.9 Å². The van der Waals surface area contributed by atoms with Gasteiger partial charge in [0.15, 0.2) is 0 Å². The van der Waals surface area contributed by atoms with Crippen LogP contribution in [0.25, 0.3) is 0 Å². The molecule has 0 bridgehead atoms. The zero-order chi connectivity index (χ0) is 15.1. The number of nitrogens with zero attached hydrogens (tertiary/aromatic N) is 1. The van der Waals surface area contributed by atoms with Crippen LogP contribution in [0.4, 0.5) is 0 Å². The fourth-order valence-corrected chi connectivity index (χ4v) is 2.44. The van der Waals surface area contributed by atoms with E-state index < -0.39 is 0 Å². The molecule has 0 saturated heterocycles. The lowest BCUT2D eigenvalue weighted by Gasteiger charge is -2.18. The van der Waals surface area contributed by atoms with Crippen molar-refractivity contribution in [3.63, 3.8) is 0 Å². The van der Waals surface area contributed by atoms with Gasteiger partial charge in [-0.25, -0.2) is 0 Å². The third kappa shape index (κ3) is 4.83. The molecule has 0 fully saturated rings. The number of aromatic nitrogens is 1. The average molecular weight is 349 g/mol. The second-order valence-corrected chi connectivity index (χ2v) is 5.88. The Morgan fingerprint density at radius 2 is 2.14 bits per heavy atom. The lowest BCUT2D eigenvalue weighted by molar-refractivity contribution is 0.295. The number of hydrogen-bond donors (Lipinski definition) is 1. The fraction of sp³-hybridized carbons (Fsp3) is 0.353. The van der Waals surface area contributed by atoms with Gasteiger partial charge in [-0.05, 0) is 44.2 Å². The number of hydrogen-bond acceptors (Lipinski definition) is 3. The zero-order valence-electron chi connectivity index (χ0n) is 12.5. The Bertz CT molecular complexity index is 560. The van der Waals surface area contributed by atoms with Gasteiger partial charge in [0.1, 0.15) is 12.4 Å². The maximum absolute atomic E-state index is 5.97. The van der Waals surface area contributed by atoms with Crippen molar-refractivity contribution in [2.24, 2.45) is 0 Å². The summed E-state index contributed by atoms with van der Waals surface area (Å²) in [5, 5.41) is 3.50. The second-order valence-electron chi connectivity index (χ2n) is 4.97. The molecule has 0 aliphatic carbocycles. The van der Waals surface area contributed by atoms with Crippen LogP contribution >= 0.6 is 15.9 Å². The molecule has 0 aliphatic rings. The van der Waals surface area contributed by atoms with E-state index in [-0.39, 0.29) is 6.04 Å². The molecule has 2 aromatic rings. The minimum absolute atomic E-state index is 0.261. The van der Waals surface area contributed by atoms with Crippen molar-refractivity contribution in [3.8, 4) is 5.75 Å². The highest BCUT2D eigenvalue weighted by molar-refractivity contribution is 9.10. The van der Waals surface area contributed by atoms with Gasteiger partial charge in [0.2, 0.25) is 0 Å². The summed E-state index contributed by atoms with van der Waals surface area (Å²) in [4.78, 5) is 4.29. The summed E-state index contributed by atoms with van der Waals surface area (Å²) in [7, 11) is 0. The summed E-state index contributed by atoms with van der Waals surface area (Å²) in [6.45, 7) is 5.80. The number of ether oxygens (including phenoxy) is 1. The second kappa shape index (κ2) is 8.15. The van der Waals surface area contributed by atoms with Gasteiger partial charge in [0.25, 0.3) is 0 Å². The SMILES string of the molecule is CCCNC(C)c1ccc(Br)cc1OCc1ccccn1. The van der Waals surface area contributed by atoms with E-state index in [1.54, 1.807) is 6.20 Å². The first kappa shape index (κ1) is 16.0. The first-order chi connectivity index (χ1) is 10.2. The normalized spacial score (nSPS) is 12.1. The van der Waals surface area contributed by atoms with Crippen LogP contribution in [0.2, 0.25) is 0 Å². The van der Waals surface area contributed by atoms with Crippen LogP contribution < -0.4 is 10.1 Å². The third-order valence-electron chi connectivity index (χ3n) is 3.24. The molecule has 0 amide bonds. The number of halogens is 1. The van der Waals surface area contributed by atoms with Crippen LogP contribution in [0.1, 0.15) is 37.6 Å². The molecule has 3 nitrogen and oxygen atoms in total. The van der Waals surface area contributed by atoms with E-state index in [0.29, 0.717) is 6.61 Å². The predicted molar refractivity (Wildman–Crippen MR) is 89.4 cm³/mol. The van der Waals surface area contributed by atoms with Crippen molar-refractivity contribution in [2.75, 3.05) is 6.54 Å². The standard InChI is InChI=1S/C17H21BrN2O/c1-3-9-19-13(2)16-8-7-14(18)11-17(16)21-12-15-6-4-5-10-20-15/h4-8,10-11,13,19H,3,9,12H2,1-2H3. The van der Waals surface area contributed by atoms with Crippen LogP contribution in [0, 0.1) is 0 Å². The molecule has 1 N–H and O–H groups in total. The molecule has 21 heavy (non-hydrogen) atoms. The van der Waals surface area contributed by atoms with Gasteiger partial charge >= 0.3 is 0 Å². The zero-order valence-corrected chi connectivity index (χ0v) is 14.1. The van der Waals surface area contributed by atoms with Gasteiger partial charge in [-0.15, -0.1) is 0 Å². The van der Waals surface area contributed by atoms with E-state index in [1.165, 1.54) is 5.56 Å². The van der Waals surface area contributed by atoms with Gasteiger partial charge in [0.05, 0.1) is 5.69 Å². The molecule has 1 aromatic carbocycles. The smallest absolute Gasteiger partial charge is 0.130 e. The highest BCUT2D eigenvalue weighted by Crippen LogP contribution is 2.29. The quantitative estimate of drug-likeness (QED) is 0.800. The van der Waals surface area contributed by atoms with Crippen LogP contribution in [-0.2, 0) is 6.61 Å². The highest BCUT2D eigenvalue weighted by atomic mass is 79.9. The maximum Gasteiger partial charge on any atom is 0.130 e. The summed E-state index contributed by atoms with van der Waals surface area (Å²) in [6, 6.07) is 12.3. The molecule has 2 rings (SSSR count). The van der Waals surface area contributed by atoms with Crippen LogP contribution in [-0.4, -0.2) is 11.5 Å². The lowest BCUT2D eigenvalue weighted by Crippen LogP contribution is -2.20. The van der Waals surface area contributed by atoms with Gasteiger partial charge in [-0.2, -0.15) is 0 Å². The molecule has 112 valence electrons. The molecule has 1 unspecified atom stereocenters. The molecule has 4 heteroatoms. The predicted octanol–water partition coefficient (Wildman–Crippen LogP) is 4.48. The monoisotopic (exact) mass is 348 g/mol. The lowest BCUT2D eigenvalue weighted by atomic mass is 10.1. The van der Waals surface area contributed by atoms with Gasteiger partial charge in [-0.3, -0.25) is 4.98 Å². The topological polar surface area (TPSA) is 34.1 Å². The average Bonchev–Trinajstić information content (AvgIpc) is 2.51. The van der Waals surface area contributed by atoms with Gasteiger partial charge in [0, 0.05) is 22.3 Å². The number of benzene rings is 1. The third-order valence-corrected chi connectivity index (χ3v) is 3.74. The molecule has 1 atom stereocenters. The molecule has 1 aromatic heterocycles. The van der Waals surface area contributed by atoms with Crippen molar-refractivity contribution in [1.29, 1.82) is 0 Å². The minimum atomic E-state index is 0.261. The Balaban J connectivity index is 2.11. The molecular formula is C17H21BrN2O. The van der Waals surface area contributed by atoms with E-state index in [9.17, 15) is 0 Å². The molecule has 0 saturated carbocycles. The van der Waals surface area contributed by atoms with Gasteiger partial charge < -0.3 is 10.1 Å². The van der Waals surface area contributed by atoms with Crippen LogP contribution in [0.3, 0.4) is 0 Å². The molecule has 1 heterocycles. The van der Waals surface area contributed by atoms with Crippen molar-refractivity contribution in [1.82, 2.24) is 10.3 Å². The van der Waals surface area contributed by atoms with Crippen LogP contribution in [0.15, 0.2) is 47.1 Å². The Morgan fingerprint density at radius 1 is 1.29 bits per heavy atom. The summed E-state index contributed by atoms with van der Waals surface area (Å²) < 4.78 is 6.99. The Kier molecular flexibility index (Phi) is 6.21. The summed E-state index contributed by atoms with van der Waals surface area (Å²) in [6.07, 6.45) is 2.90. The molecule has 0 spiro atoms. The van der Waals surface area contributed by atoms with Gasteiger partial charge in [-0.1, -0.05) is 35.0 Å². The summed E-state index contributed by atoms with van der Waals surface area (Å²) >= 11 is 3.51. The Labute approximate surface area is 134 Å².